The van der Waals surface area contributed by atoms with Gasteiger partial charge in [0.15, 0.2) is 0 Å². The highest BCUT2D eigenvalue weighted by molar-refractivity contribution is 5.08. The van der Waals surface area contributed by atoms with Crippen molar-refractivity contribution in [3.8, 4) is 0 Å². The number of aryl methyl sites for hydroxylation is 1. The second-order valence-electron chi connectivity index (χ2n) is 5.71. The third kappa shape index (κ3) is 2.75. The van der Waals surface area contributed by atoms with Crippen molar-refractivity contribution in [2.24, 2.45) is 0 Å². The molecular formula is C14H23N3O. The molecule has 0 radical (unpaired) electrons. The number of nitrogens with one attached hydrogen (secondary N) is 1. The van der Waals surface area contributed by atoms with Crippen molar-refractivity contribution in [2.45, 2.75) is 64.3 Å². The summed E-state index contributed by atoms with van der Waals surface area (Å²) in [7, 11) is 0. The molecule has 0 amide bonds. The number of nitrogens with zero attached hydrogens (tertiary/aromatic N) is 2. The van der Waals surface area contributed by atoms with Crippen LogP contribution in [0.5, 0.6) is 0 Å². The summed E-state index contributed by atoms with van der Waals surface area (Å²) >= 11 is 0. The Hall–Kier alpha value is -0.870. The maximum absolute atomic E-state index is 6.10. The molecular weight excluding hydrogens is 226 g/mol. The smallest absolute Gasteiger partial charge is 0.0952 e. The van der Waals surface area contributed by atoms with Crippen LogP contribution in [-0.4, -0.2) is 34.3 Å². The molecule has 1 aromatic rings. The molecule has 0 bridgehead atoms. The van der Waals surface area contributed by atoms with E-state index in [1.54, 1.807) is 0 Å². The van der Waals surface area contributed by atoms with Gasteiger partial charge in [-0.1, -0.05) is 0 Å². The largest absolute Gasteiger partial charge is 0.372 e. The average Bonchev–Trinajstić information content (AvgIpc) is 3.02. The van der Waals surface area contributed by atoms with Crippen LogP contribution < -0.4 is 5.32 Å². The quantitative estimate of drug-likeness (QED) is 0.865. The number of rotatable bonds is 5. The first-order valence-corrected chi connectivity index (χ1v) is 7.09. The highest BCUT2D eigenvalue weighted by Crippen LogP contribution is 2.23. The molecule has 1 saturated carbocycles. The topological polar surface area (TPSA) is 39.1 Å². The van der Waals surface area contributed by atoms with Crippen LogP contribution >= 0.6 is 0 Å². The molecule has 1 saturated heterocycles. The highest BCUT2D eigenvalue weighted by Gasteiger charge is 2.28. The zero-order chi connectivity index (χ0) is 12.5. The molecule has 1 N–H and O–H groups in total. The summed E-state index contributed by atoms with van der Waals surface area (Å²) in [5.74, 6) is 0. The minimum absolute atomic E-state index is 0.364. The molecule has 0 aromatic carbocycles. The van der Waals surface area contributed by atoms with Gasteiger partial charge >= 0.3 is 0 Å². The van der Waals surface area contributed by atoms with Crippen molar-refractivity contribution in [3.63, 3.8) is 0 Å². The summed E-state index contributed by atoms with van der Waals surface area (Å²) in [6.07, 6.45) is 7.78. The van der Waals surface area contributed by atoms with Crippen molar-refractivity contribution < 1.29 is 4.74 Å². The predicted molar refractivity (Wildman–Crippen MR) is 70.6 cm³/mol. The molecule has 1 aliphatic heterocycles. The van der Waals surface area contributed by atoms with Crippen molar-refractivity contribution in [2.75, 3.05) is 6.54 Å². The SMILES string of the molecule is Cc1ncn(CC2CCC(CNC3CC3)O2)c1C. The number of hydrogen-bond donors (Lipinski definition) is 1. The number of imidazole rings is 1. The van der Waals surface area contributed by atoms with E-state index in [4.69, 9.17) is 4.74 Å². The third-order valence-corrected chi connectivity index (χ3v) is 4.15. The zero-order valence-electron chi connectivity index (χ0n) is 11.4. The van der Waals surface area contributed by atoms with Gasteiger partial charge in [0.25, 0.3) is 0 Å². The number of hydrogen-bond acceptors (Lipinski definition) is 3. The molecule has 2 fully saturated rings. The maximum atomic E-state index is 6.10. The molecule has 4 nitrogen and oxygen atoms in total. The van der Waals surface area contributed by atoms with E-state index in [1.807, 2.05) is 6.33 Å². The Bertz CT molecular complexity index is 411. The lowest BCUT2D eigenvalue weighted by molar-refractivity contribution is 0.0356. The molecule has 1 aromatic heterocycles. The van der Waals surface area contributed by atoms with Gasteiger partial charge in [-0.05, 0) is 39.5 Å². The molecule has 2 unspecified atom stereocenters. The molecule has 1 aliphatic carbocycles. The lowest BCUT2D eigenvalue weighted by Crippen LogP contribution is -2.29. The lowest BCUT2D eigenvalue weighted by atomic mass is 10.2. The van der Waals surface area contributed by atoms with Gasteiger partial charge in [0.1, 0.15) is 0 Å². The zero-order valence-corrected chi connectivity index (χ0v) is 11.4. The van der Waals surface area contributed by atoms with Crippen LogP contribution in [0.2, 0.25) is 0 Å². The first kappa shape index (κ1) is 12.2. The summed E-state index contributed by atoms with van der Waals surface area (Å²) < 4.78 is 8.32. The average molecular weight is 249 g/mol. The summed E-state index contributed by atoms with van der Waals surface area (Å²) in [5.41, 5.74) is 2.39. The van der Waals surface area contributed by atoms with Gasteiger partial charge in [-0.25, -0.2) is 4.98 Å². The Morgan fingerprint density at radius 3 is 2.72 bits per heavy atom. The predicted octanol–water partition coefficient (Wildman–Crippen LogP) is 1.80. The van der Waals surface area contributed by atoms with Gasteiger partial charge in [0.05, 0.1) is 30.8 Å². The Balaban J connectivity index is 1.47. The Labute approximate surface area is 109 Å². The lowest BCUT2D eigenvalue weighted by Gasteiger charge is -2.15. The van der Waals surface area contributed by atoms with E-state index in [-0.39, 0.29) is 0 Å². The second kappa shape index (κ2) is 5.02. The molecule has 100 valence electrons. The van der Waals surface area contributed by atoms with Gasteiger partial charge in [0.2, 0.25) is 0 Å². The van der Waals surface area contributed by atoms with E-state index >= 15 is 0 Å². The summed E-state index contributed by atoms with van der Waals surface area (Å²) in [5, 5.41) is 3.55. The highest BCUT2D eigenvalue weighted by atomic mass is 16.5. The van der Waals surface area contributed by atoms with Gasteiger partial charge in [0, 0.05) is 18.3 Å². The van der Waals surface area contributed by atoms with Gasteiger partial charge < -0.3 is 14.6 Å². The van der Waals surface area contributed by atoms with Crippen LogP contribution in [0, 0.1) is 13.8 Å². The Morgan fingerprint density at radius 2 is 2.06 bits per heavy atom. The minimum Gasteiger partial charge on any atom is -0.372 e. The van der Waals surface area contributed by atoms with Crippen LogP contribution in [0.15, 0.2) is 6.33 Å². The molecule has 2 heterocycles. The molecule has 18 heavy (non-hydrogen) atoms. The Morgan fingerprint density at radius 1 is 1.28 bits per heavy atom. The van der Waals surface area contributed by atoms with E-state index in [0.717, 1.165) is 24.8 Å². The van der Waals surface area contributed by atoms with Crippen LogP contribution in [-0.2, 0) is 11.3 Å². The van der Waals surface area contributed by atoms with E-state index in [0.29, 0.717) is 12.2 Å². The van der Waals surface area contributed by atoms with Gasteiger partial charge in [-0.3, -0.25) is 0 Å². The first-order chi connectivity index (χ1) is 8.72. The molecule has 2 atom stereocenters. The Kier molecular flexibility index (Phi) is 3.39. The van der Waals surface area contributed by atoms with Crippen molar-refractivity contribution >= 4 is 0 Å². The molecule has 3 rings (SSSR count). The normalized spacial score (nSPS) is 27.9. The van der Waals surface area contributed by atoms with Crippen LogP contribution in [0.4, 0.5) is 0 Å². The van der Waals surface area contributed by atoms with E-state index in [1.165, 1.54) is 31.4 Å². The van der Waals surface area contributed by atoms with E-state index < -0.39 is 0 Å². The van der Waals surface area contributed by atoms with Crippen LogP contribution in [0.3, 0.4) is 0 Å². The maximum Gasteiger partial charge on any atom is 0.0952 e. The van der Waals surface area contributed by atoms with Crippen LogP contribution in [0.1, 0.15) is 37.1 Å². The third-order valence-electron chi connectivity index (χ3n) is 4.15. The molecule has 2 aliphatic rings. The second-order valence-corrected chi connectivity index (χ2v) is 5.71. The van der Waals surface area contributed by atoms with Gasteiger partial charge in [-0.2, -0.15) is 0 Å². The standard InChI is InChI=1S/C14H23N3O/c1-10-11(2)17(9-16-10)8-14-6-5-13(18-14)7-15-12-3-4-12/h9,12-15H,3-8H2,1-2H3. The van der Waals surface area contributed by atoms with Crippen LogP contribution in [0.25, 0.3) is 0 Å². The van der Waals surface area contributed by atoms with Gasteiger partial charge in [-0.15, -0.1) is 0 Å². The summed E-state index contributed by atoms with van der Waals surface area (Å²) in [6.45, 7) is 6.17. The fourth-order valence-electron chi connectivity index (χ4n) is 2.60. The molecule has 0 spiro atoms. The molecule has 4 heteroatoms. The fourth-order valence-corrected chi connectivity index (χ4v) is 2.60. The minimum atomic E-state index is 0.364. The summed E-state index contributed by atoms with van der Waals surface area (Å²) in [6, 6.07) is 0.784. The van der Waals surface area contributed by atoms with Crippen molar-refractivity contribution in [1.82, 2.24) is 14.9 Å². The monoisotopic (exact) mass is 249 g/mol. The number of aromatic nitrogens is 2. The van der Waals surface area contributed by atoms with Crippen molar-refractivity contribution in [1.29, 1.82) is 0 Å². The first-order valence-electron chi connectivity index (χ1n) is 7.09. The van der Waals surface area contributed by atoms with E-state index in [9.17, 15) is 0 Å². The summed E-state index contributed by atoms with van der Waals surface area (Å²) in [4.78, 5) is 4.34. The van der Waals surface area contributed by atoms with Crippen molar-refractivity contribution in [3.05, 3.63) is 17.7 Å². The number of ether oxygens (including phenoxy) is 1. The van der Waals surface area contributed by atoms with E-state index in [2.05, 4.69) is 28.7 Å². The fraction of sp³-hybridized carbons (Fsp3) is 0.786.